The van der Waals surface area contributed by atoms with Crippen molar-refractivity contribution in [2.75, 3.05) is 6.54 Å². The molecule has 0 radical (unpaired) electrons. The molecule has 0 bridgehead atoms. The fourth-order valence-corrected chi connectivity index (χ4v) is 1.87. The fraction of sp³-hybridized carbons (Fsp3) is 0.562. The highest BCUT2D eigenvalue weighted by atomic mass is 16.1. The summed E-state index contributed by atoms with van der Waals surface area (Å²) in [4.78, 5) is 11.8. The van der Waals surface area contributed by atoms with Crippen LogP contribution < -0.4 is 11.1 Å². The van der Waals surface area contributed by atoms with E-state index in [1.165, 1.54) is 5.56 Å². The molecule has 0 aliphatic rings. The zero-order valence-electron chi connectivity index (χ0n) is 12.5. The van der Waals surface area contributed by atoms with Crippen molar-refractivity contribution in [1.29, 1.82) is 0 Å². The molecule has 106 valence electrons. The third-order valence-electron chi connectivity index (χ3n) is 3.33. The fourth-order valence-electron chi connectivity index (χ4n) is 1.87. The predicted octanol–water partition coefficient (Wildman–Crippen LogP) is 2.59. The first kappa shape index (κ1) is 15.7. The normalized spacial score (nSPS) is 13.1. The second-order valence-corrected chi connectivity index (χ2v) is 6.14. The summed E-state index contributed by atoms with van der Waals surface area (Å²) < 4.78 is 0. The molecule has 1 rings (SSSR count). The molecular formula is C16H26N2O. The van der Waals surface area contributed by atoms with Gasteiger partial charge in [0.2, 0.25) is 5.91 Å². The van der Waals surface area contributed by atoms with Gasteiger partial charge in [-0.15, -0.1) is 0 Å². The highest BCUT2D eigenvalue weighted by Crippen LogP contribution is 2.22. The van der Waals surface area contributed by atoms with Crippen molar-refractivity contribution in [2.24, 2.45) is 11.7 Å². The average molecular weight is 262 g/mol. The van der Waals surface area contributed by atoms with E-state index in [1.807, 2.05) is 6.92 Å². The van der Waals surface area contributed by atoms with Gasteiger partial charge in [0.15, 0.2) is 0 Å². The van der Waals surface area contributed by atoms with Gasteiger partial charge in [-0.25, -0.2) is 0 Å². The first-order chi connectivity index (χ1) is 8.84. The number of rotatable bonds is 5. The van der Waals surface area contributed by atoms with Crippen LogP contribution in [0.15, 0.2) is 24.3 Å². The molecule has 1 atom stereocenters. The van der Waals surface area contributed by atoms with Gasteiger partial charge in [0.25, 0.3) is 0 Å². The van der Waals surface area contributed by atoms with Gasteiger partial charge >= 0.3 is 0 Å². The Morgan fingerprint density at radius 3 is 2.32 bits per heavy atom. The van der Waals surface area contributed by atoms with Gasteiger partial charge in [-0.1, -0.05) is 52.0 Å². The van der Waals surface area contributed by atoms with Gasteiger partial charge in [-0.3, -0.25) is 4.79 Å². The van der Waals surface area contributed by atoms with Crippen molar-refractivity contribution in [1.82, 2.24) is 5.32 Å². The van der Waals surface area contributed by atoms with Crippen molar-refractivity contribution in [3.8, 4) is 0 Å². The van der Waals surface area contributed by atoms with Crippen molar-refractivity contribution in [2.45, 2.75) is 46.1 Å². The summed E-state index contributed by atoms with van der Waals surface area (Å²) in [6.45, 7) is 9.62. The summed E-state index contributed by atoms with van der Waals surface area (Å²) in [5.41, 5.74) is 8.05. The molecule has 1 aromatic carbocycles. The van der Waals surface area contributed by atoms with E-state index in [9.17, 15) is 4.79 Å². The smallest absolute Gasteiger partial charge is 0.223 e. The van der Waals surface area contributed by atoms with Crippen molar-refractivity contribution >= 4 is 5.91 Å². The molecule has 3 nitrogen and oxygen atoms in total. The number of carbonyl (C=O) groups is 1. The van der Waals surface area contributed by atoms with Crippen molar-refractivity contribution < 1.29 is 4.79 Å². The Bertz CT molecular complexity index is 404. The van der Waals surface area contributed by atoms with Crippen LogP contribution in [-0.4, -0.2) is 12.5 Å². The van der Waals surface area contributed by atoms with Crippen LogP contribution in [0.25, 0.3) is 0 Å². The molecule has 19 heavy (non-hydrogen) atoms. The average Bonchev–Trinajstić information content (AvgIpc) is 2.35. The van der Waals surface area contributed by atoms with Gasteiger partial charge in [-0.05, 0) is 29.5 Å². The number of nitrogens with one attached hydrogen (secondary N) is 1. The third kappa shape index (κ3) is 5.03. The Morgan fingerprint density at radius 2 is 1.84 bits per heavy atom. The number of hydrogen-bond acceptors (Lipinski definition) is 2. The van der Waals surface area contributed by atoms with Crippen LogP contribution in [0.3, 0.4) is 0 Å². The minimum Gasteiger partial charge on any atom is -0.352 e. The highest BCUT2D eigenvalue weighted by Gasteiger charge is 2.13. The molecular weight excluding hydrogens is 236 g/mol. The molecule has 3 heteroatoms. The van der Waals surface area contributed by atoms with Crippen LogP contribution in [-0.2, 0) is 16.8 Å². The summed E-state index contributed by atoms with van der Waals surface area (Å²) in [6.07, 6.45) is 0.731. The van der Waals surface area contributed by atoms with E-state index in [-0.39, 0.29) is 17.2 Å². The van der Waals surface area contributed by atoms with Gasteiger partial charge in [-0.2, -0.15) is 0 Å². The van der Waals surface area contributed by atoms with Crippen LogP contribution in [0.1, 0.15) is 45.2 Å². The lowest BCUT2D eigenvalue weighted by Gasteiger charge is -2.19. The standard InChI is InChI=1S/C16H26N2O/c1-12(9-10-17)15(19)18-11-13-5-7-14(8-6-13)16(2,3)4/h5-8,12H,9-11,17H2,1-4H3,(H,18,19). The lowest BCUT2D eigenvalue weighted by Crippen LogP contribution is -2.29. The monoisotopic (exact) mass is 262 g/mol. The van der Waals surface area contributed by atoms with E-state index in [4.69, 9.17) is 5.73 Å². The first-order valence-corrected chi connectivity index (χ1v) is 6.92. The lowest BCUT2D eigenvalue weighted by molar-refractivity contribution is -0.124. The molecule has 0 saturated heterocycles. The van der Waals surface area contributed by atoms with E-state index < -0.39 is 0 Å². The highest BCUT2D eigenvalue weighted by molar-refractivity contribution is 5.78. The van der Waals surface area contributed by atoms with Gasteiger partial charge in [0, 0.05) is 12.5 Å². The predicted molar refractivity (Wildman–Crippen MR) is 79.8 cm³/mol. The Morgan fingerprint density at radius 1 is 1.26 bits per heavy atom. The zero-order valence-corrected chi connectivity index (χ0v) is 12.5. The summed E-state index contributed by atoms with van der Waals surface area (Å²) >= 11 is 0. The molecule has 1 amide bonds. The Hall–Kier alpha value is -1.35. The molecule has 1 aromatic rings. The van der Waals surface area contributed by atoms with E-state index >= 15 is 0 Å². The van der Waals surface area contributed by atoms with E-state index in [2.05, 4.69) is 50.4 Å². The lowest BCUT2D eigenvalue weighted by atomic mass is 9.87. The first-order valence-electron chi connectivity index (χ1n) is 6.92. The molecule has 0 heterocycles. The maximum Gasteiger partial charge on any atom is 0.223 e. The van der Waals surface area contributed by atoms with E-state index in [1.54, 1.807) is 0 Å². The maximum absolute atomic E-state index is 11.8. The summed E-state index contributed by atoms with van der Waals surface area (Å²) in [7, 11) is 0. The van der Waals surface area contributed by atoms with Crippen molar-refractivity contribution in [3.63, 3.8) is 0 Å². The van der Waals surface area contributed by atoms with E-state index in [0.29, 0.717) is 13.1 Å². The maximum atomic E-state index is 11.8. The van der Waals surface area contributed by atoms with Crippen LogP contribution in [0.5, 0.6) is 0 Å². The number of benzene rings is 1. The minimum atomic E-state index is -0.0150. The number of hydrogen-bond donors (Lipinski definition) is 2. The topological polar surface area (TPSA) is 55.1 Å². The quantitative estimate of drug-likeness (QED) is 0.857. The molecule has 0 saturated carbocycles. The van der Waals surface area contributed by atoms with Gasteiger partial charge in [0.1, 0.15) is 0 Å². The zero-order chi connectivity index (χ0) is 14.5. The molecule has 1 unspecified atom stereocenters. The molecule has 0 spiro atoms. The van der Waals surface area contributed by atoms with Crippen LogP contribution >= 0.6 is 0 Å². The number of carbonyl (C=O) groups excluding carboxylic acids is 1. The molecule has 0 fully saturated rings. The Kier molecular flexibility index (Phi) is 5.55. The van der Waals surface area contributed by atoms with Crippen molar-refractivity contribution in [3.05, 3.63) is 35.4 Å². The number of amides is 1. The largest absolute Gasteiger partial charge is 0.352 e. The molecule has 0 aliphatic heterocycles. The van der Waals surface area contributed by atoms with Crippen LogP contribution in [0, 0.1) is 5.92 Å². The molecule has 0 aliphatic carbocycles. The molecule has 3 N–H and O–H groups in total. The minimum absolute atomic E-state index is 0.0150. The van der Waals surface area contributed by atoms with Crippen LogP contribution in [0.2, 0.25) is 0 Å². The Balaban J connectivity index is 2.53. The second-order valence-electron chi connectivity index (χ2n) is 6.14. The summed E-state index contributed by atoms with van der Waals surface area (Å²) in [5, 5.41) is 2.95. The van der Waals surface area contributed by atoms with Crippen LogP contribution in [0.4, 0.5) is 0 Å². The summed E-state index contributed by atoms with van der Waals surface area (Å²) in [5.74, 6) is 0.0594. The van der Waals surface area contributed by atoms with Gasteiger partial charge < -0.3 is 11.1 Å². The summed E-state index contributed by atoms with van der Waals surface area (Å²) in [6, 6.07) is 8.42. The SMILES string of the molecule is CC(CCN)C(=O)NCc1ccc(C(C)(C)C)cc1. The van der Waals surface area contributed by atoms with E-state index in [0.717, 1.165) is 12.0 Å². The Labute approximate surface area is 116 Å². The third-order valence-corrected chi connectivity index (χ3v) is 3.33. The molecule has 0 aromatic heterocycles. The number of nitrogens with two attached hydrogens (primary N) is 1. The van der Waals surface area contributed by atoms with Gasteiger partial charge in [0.05, 0.1) is 0 Å². The second kappa shape index (κ2) is 6.71.